The molecule has 0 fully saturated rings. The molecular formula is C24H17N3O3. The molecule has 4 rings (SSSR count). The number of nitrogens with one attached hydrogen (secondary N) is 1. The SMILES string of the molecule is COc1cccc(NC2=C(c3ccccc3)C(=O)N(c3ccc(C#N)cc3)C2=O)c1. The third kappa shape index (κ3) is 3.40. The van der Waals surface area contributed by atoms with E-state index in [-0.39, 0.29) is 11.3 Å². The number of benzene rings is 3. The summed E-state index contributed by atoms with van der Waals surface area (Å²) in [6, 6.07) is 24.5. The van der Waals surface area contributed by atoms with E-state index in [0.717, 1.165) is 4.90 Å². The van der Waals surface area contributed by atoms with Gasteiger partial charge in [-0.05, 0) is 42.0 Å². The van der Waals surface area contributed by atoms with Crippen LogP contribution in [0, 0.1) is 11.3 Å². The van der Waals surface area contributed by atoms with Crippen molar-refractivity contribution in [2.75, 3.05) is 17.3 Å². The summed E-state index contributed by atoms with van der Waals surface area (Å²) in [5, 5.41) is 12.1. The monoisotopic (exact) mass is 395 g/mol. The van der Waals surface area contributed by atoms with E-state index in [2.05, 4.69) is 5.32 Å². The molecule has 0 unspecified atom stereocenters. The number of imide groups is 1. The average Bonchev–Trinajstić information content (AvgIpc) is 3.04. The molecule has 6 heteroatoms. The van der Waals surface area contributed by atoms with Gasteiger partial charge in [0.2, 0.25) is 0 Å². The largest absolute Gasteiger partial charge is 0.497 e. The Kier molecular flexibility index (Phi) is 5.02. The van der Waals surface area contributed by atoms with E-state index in [9.17, 15) is 9.59 Å². The van der Waals surface area contributed by atoms with Crippen LogP contribution in [0.2, 0.25) is 0 Å². The Bertz CT molecular complexity index is 1190. The van der Waals surface area contributed by atoms with Crippen molar-refractivity contribution in [3.63, 3.8) is 0 Å². The van der Waals surface area contributed by atoms with Gasteiger partial charge in [0.15, 0.2) is 0 Å². The number of nitriles is 1. The van der Waals surface area contributed by atoms with Crippen LogP contribution in [0.1, 0.15) is 11.1 Å². The van der Waals surface area contributed by atoms with Crippen molar-refractivity contribution in [3.8, 4) is 11.8 Å². The van der Waals surface area contributed by atoms with Crippen LogP contribution in [0.15, 0.2) is 84.6 Å². The van der Waals surface area contributed by atoms with Gasteiger partial charge in [0.1, 0.15) is 11.4 Å². The smallest absolute Gasteiger partial charge is 0.282 e. The third-order valence-corrected chi connectivity index (χ3v) is 4.74. The van der Waals surface area contributed by atoms with Gasteiger partial charge < -0.3 is 10.1 Å². The Labute approximate surface area is 173 Å². The number of nitrogens with zero attached hydrogens (tertiary/aromatic N) is 2. The summed E-state index contributed by atoms with van der Waals surface area (Å²) in [5.41, 5.74) is 2.58. The quantitative estimate of drug-likeness (QED) is 0.661. The summed E-state index contributed by atoms with van der Waals surface area (Å²) >= 11 is 0. The Morgan fingerprint density at radius 3 is 2.30 bits per heavy atom. The molecule has 0 spiro atoms. The van der Waals surface area contributed by atoms with Crippen LogP contribution in [-0.4, -0.2) is 18.9 Å². The molecule has 1 heterocycles. The number of carbonyl (C=O) groups is 2. The summed E-state index contributed by atoms with van der Waals surface area (Å²) < 4.78 is 5.25. The molecule has 1 aliphatic heterocycles. The van der Waals surface area contributed by atoms with Gasteiger partial charge in [0, 0.05) is 11.8 Å². The fraction of sp³-hybridized carbons (Fsp3) is 0.0417. The molecule has 3 aromatic carbocycles. The average molecular weight is 395 g/mol. The van der Waals surface area contributed by atoms with E-state index in [1.165, 1.54) is 0 Å². The van der Waals surface area contributed by atoms with E-state index in [0.29, 0.717) is 28.3 Å². The standard InChI is InChI=1S/C24H17N3O3/c1-30-20-9-5-8-18(14-20)26-22-21(17-6-3-2-4-7-17)23(28)27(24(22)29)19-12-10-16(15-25)11-13-19/h2-14,26H,1H3. The van der Waals surface area contributed by atoms with Crippen molar-refractivity contribution in [2.45, 2.75) is 0 Å². The van der Waals surface area contributed by atoms with E-state index in [1.807, 2.05) is 24.3 Å². The van der Waals surface area contributed by atoms with Crippen molar-refractivity contribution >= 4 is 28.8 Å². The highest BCUT2D eigenvalue weighted by molar-refractivity contribution is 6.46. The highest BCUT2D eigenvalue weighted by atomic mass is 16.5. The second kappa shape index (κ2) is 7.94. The first-order valence-electron chi connectivity index (χ1n) is 9.22. The van der Waals surface area contributed by atoms with Crippen LogP contribution in [0.25, 0.3) is 5.57 Å². The second-order valence-corrected chi connectivity index (χ2v) is 6.58. The molecular weight excluding hydrogens is 378 g/mol. The van der Waals surface area contributed by atoms with Gasteiger partial charge in [-0.2, -0.15) is 5.26 Å². The van der Waals surface area contributed by atoms with Crippen LogP contribution < -0.4 is 15.0 Å². The predicted octanol–water partition coefficient (Wildman–Crippen LogP) is 3.96. The molecule has 0 aromatic heterocycles. The molecule has 6 nitrogen and oxygen atoms in total. The minimum absolute atomic E-state index is 0.184. The summed E-state index contributed by atoms with van der Waals surface area (Å²) in [7, 11) is 1.56. The maximum Gasteiger partial charge on any atom is 0.282 e. The van der Waals surface area contributed by atoms with Crippen molar-refractivity contribution in [2.24, 2.45) is 0 Å². The van der Waals surface area contributed by atoms with Crippen LogP contribution in [0.5, 0.6) is 5.75 Å². The first-order chi connectivity index (χ1) is 14.6. The van der Waals surface area contributed by atoms with Gasteiger partial charge in [-0.1, -0.05) is 36.4 Å². The number of carbonyl (C=O) groups excluding carboxylic acids is 2. The van der Waals surface area contributed by atoms with Gasteiger partial charge in [-0.15, -0.1) is 0 Å². The van der Waals surface area contributed by atoms with Crippen LogP contribution in [0.4, 0.5) is 11.4 Å². The minimum atomic E-state index is -0.466. The van der Waals surface area contributed by atoms with Gasteiger partial charge in [0.25, 0.3) is 11.8 Å². The van der Waals surface area contributed by atoms with Gasteiger partial charge >= 0.3 is 0 Å². The molecule has 0 saturated carbocycles. The first kappa shape index (κ1) is 19.0. The number of ether oxygens (including phenoxy) is 1. The maximum atomic E-state index is 13.3. The minimum Gasteiger partial charge on any atom is -0.497 e. The van der Waals surface area contributed by atoms with Gasteiger partial charge in [-0.3, -0.25) is 9.59 Å². The third-order valence-electron chi connectivity index (χ3n) is 4.74. The molecule has 146 valence electrons. The lowest BCUT2D eigenvalue weighted by molar-refractivity contribution is -0.120. The lowest BCUT2D eigenvalue weighted by Crippen LogP contribution is -2.32. The number of methoxy groups -OCH3 is 1. The Morgan fingerprint density at radius 2 is 1.63 bits per heavy atom. The zero-order valence-corrected chi connectivity index (χ0v) is 16.1. The summed E-state index contributed by atoms with van der Waals surface area (Å²) in [5.74, 6) is -0.268. The van der Waals surface area contributed by atoms with Crippen LogP contribution in [-0.2, 0) is 9.59 Å². The first-order valence-corrected chi connectivity index (χ1v) is 9.22. The maximum absolute atomic E-state index is 13.3. The lowest BCUT2D eigenvalue weighted by atomic mass is 10.0. The van der Waals surface area contributed by atoms with Crippen molar-refractivity contribution in [1.29, 1.82) is 5.26 Å². The number of amides is 2. The van der Waals surface area contributed by atoms with Crippen LogP contribution >= 0.6 is 0 Å². The van der Waals surface area contributed by atoms with Crippen molar-refractivity contribution < 1.29 is 14.3 Å². The molecule has 2 amide bonds. The molecule has 1 N–H and O–H groups in total. The second-order valence-electron chi connectivity index (χ2n) is 6.58. The summed E-state index contributed by atoms with van der Waals surface area (Å²) in [6.07, 6.45) is 0. The molecule has 1 aliphatic rings. The predicted molar refractivity (Wildman–Crippen MR) is 114 cm³/mol. The van der Waals surface area contributed by atoms with E-state index in [1.54, 1.807) is 67.8 Å². The topological polar surface area (TPSA) is 82.4 Å². The molecule has 0 aliphatic carbocycles. The van der Waals surface area contributed by atoms with Gasteiger partial charge in [0.05, 0.1) is 30.0 Å². The number of rotatable bonds is 5. The van der Waals surface area contributed by atoms with E-state index >= 15 is 0 Å². The number of anilines is 2. The highest BCUT2D eigenvalue weighted by Crippen LogP contribution is 2.34. The Hall–Kier alpha value is -4.37. The van der Waals surface area contributed by atoms with Gasteiger partial charge in [-0.25, -0.2) is 4.90 Å². The summed E-state index contributed by atoms with van der Waals surface area (Å²) in [4.78, 5) is 27.7. The summed E-state index contributed by atoms with van der Waals surface area (Å²) in [6.45, 7) is 0. The normalized spacial score (nSPS) is 13.4. The molecule has 0 radical (unpaired) electrons. The van der Waals surface area contributed by atoms with E-state index < -0.39 is 11.8 Å². The lowest BCUT2D eigenvalue weighted by Gasteiger charge is -2.15. The zero-order chi connectivity index (χ0) is 21.1. The highest BCUT2D eigenvalue weighted by Gasteiger charge is 2.40. The number of hydrogen-bond acceptors (Lipinski definition) is 5. The zero-order valence-electron chi connectivity index (χ0n) is 16.1. The molecule has 3 aromatic rings. The molecule has 0 atom stereocenters. The van der Waals surface area contributed by atoms with Crippen molar-refractivity contribution in [1.82, 2.24) is 0 Å². The Balaban J connectivity index is 1.79. The Morgan fingerprint density at radius 1 is 0.900 bits per heavy atom. The molecule has 0 bridgehead atoms. The fourth-order valence-corrected chi connectivity index (χ4v) is 3.28. The van der Waals surface area contributed by atoms with Crippen LogP contribution in [0.3, 0.4) is 0 Å². The van der Waals surface area contributed by atoms with E-state index in [4.69, 9.17) is 10.00 Å². The molecule has 0 saturated heterocycles. The fourth-order valence-electron chi connectivity index (χ4n) is 3.28. The molecule has 30 heavy (non-hydrogen) atoms. The number of hydrogen-bond donors (Lipinski definition) is 1. The van der Waals surface area contributed by atoms with Crippen molar-refractivity contribution in [3.05, 3.63) is 95.7 Å².